The van der Waals surface area contributed by atoms with Crippen molar-refractivity contribution in [1.82, 2.24) is 5.48 Å². The summed E-state index contributed by atoms with van der Waals surface area (Å²) in [5.74, 6) is -1.06. The number of ether oxygens (including phenoxy) is 1. The molecule has 0 saturated heterocycles. The van der Waals surface area contributed by atoms with Crippen LogP contribution in [-0.2, 0) is 14.4 Å². The number of rotatable bonds is 4. The van der Waals surface area contributed by atoms with Crippen LogP contribution >= 0.6 is 0 Å². The molecule has 0 bridgehead atoms. The van der Waals surface area contributed by atoms with Gasteiger partial charge in [-0.3, -0.25) is 0 Å². The van der Waals surface area contributed by atoms with E-state index in [9.17, 15) is 14.7 Å². The highest BCUT2D eigenvalue weighted by atomic mass is 16.7. The molecule has 0 spiro atoms. The molecule has 0 fully saturated rings. The molecule has 1 unspecified atom stereocenters. The maximum Gasteiger partial charge on any atom is 0.440 e. The molecule has 0 aromatic rings. The lowest BCUT2D eigenvalue weighted by molar-refractivity contribution is -0.146. The van der Waals surface area contributed by atoms with Gasteiger partial charge in [-0.15, -0.1) is 5.48 Å². The Kier molecular flexibility index (Phi) is 6.17. The highest BCUT2D eigenvalue weighted by molar-refractivity contribution is 5.89. The van der Waals surface area contributed by atoms with E-state index in [1.54, 1.807) is 26.3 Å². The molecule has 16 heavy (non-hydrogen) atoms. The zero-order valence-electron chi connectivity index (χ0n) is 9.65. The fraction of sp³-hybridized carbons (Fsp3) is 0.600. The highest BCUT2D eigenvalue weighted by Crippen LogP contribution is 2.10. The van der Waals surface area contributed by atoms with Gasteiger partial charge in [0.15, 0.2) is 0 Å². The topological polar surface area (TPSA) is 84.9 Å². The van der Waals surface area contributed by atoms with E-state index in [1.165, 1.54) is 0 Å². The first-order valence-corrected chi connectivity index (χ1v) is 4.90. The SMILES string of the molecule is C=C(C(=O)ONC(=O)OCC)C(O)C(C)C. The third kappa shape index (κ3) is 4.79. The minimum Gasteiger partial charge on any atom is -0.448 e. The molecule has 0 rings (SSSR count). The van der Waals surface area contributed by atoms with Gasteiger partial charge in [0, 0.05) is 0 Å². The molecule has 2 N–H and O–H groups in total. The number of nitrogens with one attached hydrogen (secondary N) is 1. The molecule has 0 radical (unpaired) electrons. The van der Waals surface area contributed by atoms with Crippen LogP contribution in [0.2, 0.25) is 0 Å². The van der Waals surface area contributed by atoms with Gasteiger partial charge in [-0.1, -0.05) is 20.4 Å². The Balaban J connectivity index is 4.07. The number of carbonyl (C=O) groups excluding carboxylic acids is 2. The van der Waals surface area contributed by atoms with Crippen molar-refractivity contribution in [2.75, 3.05) is 6.61 Å². The molecular weight excluding hydrogens is 214 g/mol. The maximum absolute atomic E-state index is 11.2. The van der Waals surface area contributed by atoms with Crippen molar-refractivity contribution >= 4 is 12.1 Å². The van der Waals surface area contributed by atoms with Gasteiger partial charge in [0.05, 0.1) is 18.3 Å². The summed E-state index contributed by atoms with van der Waals surface area (Å²) < 4.78 is 4.46. The minimum atomic E-state index is -1.00. The van der Waals surface area contributed by atoms with Crippen LogP contribution in [0, 0.1) is 5.92 Å². The van der Waals surface area contributed by atoms with Crippen LogP contribution < -0.4 is 5.48 Å². The summed E-state index contributed by atoms with van der Waals surface area (Å²) in [5.41, 5.74) is 1.66. The molecule has 1 atom stereocenters. The van der Waals surface area contributed by atoms with Crippen molar-refractivity contribution in [3.8, 4) is 0 Å². The van der Waals surface area contributed by atoms with Crippen molar-refractivity contribution in [2.24, 2.45) is 5.92 Å². The molecular formula is C10H17NO5. The second-order valence-corrected chi connectivity index (χ2v) is 3.43. The number of hydroxylamine groups is 1. The van der Waals surface area contributed by atoms with Crippen LogP contribution in [0.3, 0.4) is 0 Å². The van der Waals surface area contributed by atoms with Crippen molar-refractivity contribution < 1.29 is 24.3 Å². The van der Waals surface area contributed by atoms with E-state index in [-0.39, 0.29) is 18.1 Å². The maximum atomic E-state index is 11.2. The lowest BCUT2D eigenvalue weighted by atomic mass is 10.0. The molecule has 0 aromatic heterocycles. The molecule has 0 aliphatic heterocycles. The lowest BCUT2D eigenvalue weighted by Crippen LogP contribution is -2.31. The normalized spacial score (nSPS) is 11.8. The van der Waals surface area contributed by atoms with Gasteiger partial charge < -0.3 is 14.7 Å². The third-order valence-electron chi connectivity index (χ3n) is 1.75. The van der Waals surface area contributed by atoms with E-state index in [4.69, 9.17) is 0 Å². The molecule has 0 saturated carbocycles. The summed E-state index contributed by atoms with van der Waals surface area (Å²) in [6, 6.07) is 0. The molecule has 6 nitrogen and oxygen atoms in total. The predicted octanol–water partition coefficient (Wildman–Crippen LogP) is 0.764. The zero-order chi connectivity index (χ0) is 12.7. The predicted molar refractivity (Wildman–Crippen MR) is 56.2 cm³/mol. The van der Waals surface area contributed by atoms with Gasteiger partial charge in [-0.2, -0.15) is 0 Å². The minimum absolute atomic E-state index is 0.119. The summed E-state index contributed by atoms with van der Waals surface area (Å²) in [7, 11) is 0. The van der Waals surface area contributed by atoms with Crippen molar-refractivity contribution in [3.05, 3.63) is 12.2 Å². The Morgan fingerprint density at radius 3 is 2.44 bits per heavy atom. The summed E-state index contributed by atoms with van der Waals surface area (Å²) >= 11 is 0. The highest BCUT2D eigenvalue weighted by Gasteiger charge is 2.21. The molecule has 0 aliphatic carbocycles. The second kappa shape index (κ2) is 6.84. The summed E-state index contributed by atoms with van der Waals surface area (Å²) in [5, 5.41) is 9.49. The van der Waals surface area contributed by atoms with E-state index >= 15 is 0 Å². The first-order valence-electron chi connectivity index (χ1n) is 4.90. The zero-order valence-corrected chi connectivity index (χ0v) is 9.65. The number of aliphatic hydroxyl groups excluding tert-OH is 1. The van der Waals surface area contributed by atoms with Crippen molar-refractivity contribution in [1.29, 1.82) is 0 Å². The number of amides is 1. The largest absolute Gasteiger partial charge is 0.448 e. The molecule has 6 heteroatoms. The number of carbonyl (C=O) groups is 2. The van der Waals surface area contributed by atoms with Crippen LogP contribution in [0.1, 0.15) is 20.8 Å². The van der Waals surface area contributed by atoms with Crippen molar-refractivity contribution in [2.45, 2.75) is 26.9 Å². The Labute approximate surface area is 94.2 Å². The van der Waals surface area contributed by atoms with Crippen LogP contribution in [-0.4, -0.2) is 29.9 Å². The quantitative estimate of drug-likeness (QED) is 0.551. The van der Waals surface area contributed by atoms with Gasteiger partial charge in [0.1, 0.15) is 0 Å². The van der Waals surface area contributed by atoms with Crippen LogP contribution in [0.4, 0.5) is 4.79 Å². The summed E-state index contributed by atoms with van der Waals surface area (Å²) in [6.45, 7) is 8.61. The van der Waals surface area contributed by atoms with Gasteiger partial charge in [-0.05, 0) is 12.8 Å². The number of hydrogen-bond acceptors (Lipinski definition) is 5. The second-order valence-electron chi connectivity index (χ2n) is 3.43. The average molecular weight is 231 g/mol. The van der Waals surface area contributed by atoms with Crippen LogP contribution in [0.15, 0.2) is 12.2 Å². The first-order chi connectivity index (χ1) is 7.40. The Bertz CT molecular complexity index is 274. The van der Waals surface area contributed by atoms with Gasteiger partial charge in [-0.25, -0.2) is 9.59 Å². The standard InChI is InChI=1S/C10H17NO5/c1-5-15-10(14)11-16-9(13)7(4)8(12)6(2)3/h6,8,12H,4-5H2,1-3H3,(H,11,14). The van der Waals surface area contributed by atoms with Gasteiger partial charge in [0.25, 0.3) is 0 Å². The molecule has 1 amide bonds. The Morgan fingerprint density at radius 2 is 2.00 bits per heavy atom. The molecule has 0 aromatic carbocycles. The van der Waals surface area contributed by atoms with E-state index in [0.717, 1.165) is 0 Å². The Hall–Kier alpha value is -1.56. The number of hydrogen-bond donors (Lipinski definition) is 2. The third-order valence-corrected chi connectivity index (χ3v) is 1.75. The molecule has 0 aliphatic rings. The fourth-order valence-electron chi connectivity index (χ4n) is 0.837. The first kappa shape index (κ1) is 14.4. The fourth-order valence-corrected chi connectivity index (χ4v) is 0.837. The monoisotopic (exact) mass is 231 g/mol. The summed E-state index contributed by atoms with van der Waals surface area (Å²) in [6.07, 6.45) is -1.88. The van der Waals surface area contributed by atoms with E-state index in [1.807, 2.05) is 0 Å². The number of aliphatic hydroxyl groups is 1. The lowest BCUT2D eigenvalue weighted by Gasteiger charge is -2.15. The summed E-state index contributed by atoms with van der Waals surface area (Å²) in [4.78, 5) is 26.4. The van der Waals surface area contributed by atoms with E-state index < -0.39 is 18.2 Å². The Morgan fingerprint density at radius 1 is 1.44 bits per heavy atom. The average Bonchev–Trinajstić information content (AvgIpc) is 2.24. The molecule has 92 valence electrons. The van der Waals surface area contributed by atoms with E-state index in [2.05, 4.69) is 16.2 Å². The smallest absolute Gasteiger partial charge is 0.440 e. The van der Waals surface area contributed by atoms with Crippen LogP contribution in [0.5, 0.6) is 0 Å². The van der Waals surface area contributed by atoms with Crippen LogP contribution in [0.25, 0.3) is 0 Å². The van der Waals surface area contributed by atoms with E-state index in [0.29, 0.717) is 0 Å². The van der Waals surface area contributed by atoms with Crippen molar-refractivity contribution in [3.63, 3.8) is 0 Å². The molecule has 0 heterocycles. The van der Waals surface area contributed by atoms with Gasteiger partial charge >= 0.3 is 12.1 Å². The van der Waals surface area contributed by atoms with Gasteiger partial charge in [0.2, 0.25) is 0 Å².